The van der Waals surface area contributed by atoms with Gasteiger partial charge in [0.25, 0.3) is 5.91 Å². The molecule has 3 aromatic rings. The molecule has 0 aliphatic carbocycles. The maximum absolute atomic E-state index is 14.1. The van der Waals surface area contributed by atoms with Crippen molar-refractivity contribution >= 4 is 21.9 Å². The van der Waals surface area contributed by atoms with E-state index in [9.17, 15) is 22.4 Å². The Labute approximate surface area is 196 Å². The number of halogens is 1. The minimum Gasteiger partial charge on any atom is -0.484 e. The Balaban J connectivity index is 1.75. The smallest absolute Gasteiger partial charge is 0.324 e. The van der Waals surface area contributed by atoms with Crippen LogP contribution >= 0.6 is 0 Å². The number of rotatable bonds is 11. The number of hydrogen-bond donors (Lipinski definition) is 2. The molecule has 0 spiro atoms. The van der Waals surface area contributed by atoms with E-state index >= 15 is 0 Å². The van der Waals surface area contributed by atoms with E-state index < -0.39 is 38.7 Å². The van der Waals surface area contributed by atoms with Crippen LogP contribution in [-0.2, 0) is 37.4 Å². The van der Waals surface area contributed by atoms with Gasteiger partial charge in [-0.05, 0) is 41.8 Å². The zero-order valence-corrected chi connectivity index (χ0v) is 18.8. The fourth-order valence-corrected chi connectivity index (χ4v) is 4.33. The zero-order chi connectivity index (χ0) is 24.6. The Bertz CT molecular complexity index is 1250. The van der Waals surface area contributed by atoms with Crippen LogP contribution in [-0.4, -0.2) is 32.9 Å². The van der Waals surface area contributed by atoms with Gasteiger partial charge in [0.05, 0.1) is 0 Å². The molecule has 1 atom stereocenters. The quantitative estimate of drug-likeness (QED) is 0.401. The summed E-state index contributed by atoms with van der Waals surface area (Å²) < 4.78 is 52.5. The van der Waals surface area contributed by atoms with Crippen molar-refractivity contribution in [2.45, 2.75) is 24.0 Å². The highest BCUT2D eigenvalue weighted by Crippen LogP contribution is 2.17. The highest BCUT2D eigenvalue weighted by Gasteiger charge is 2.29. The lowest BCUT2D eigenvalue weighted by Crippen LogP contribution is -2.43. The van der Waals surface area contributed by atoms with Gasteiger partial charge in [0.1, 0.15) is 29.1 Å². The second-order valence-electron chi connectivity index (χ2n) is 7.30. The number of nitrogens with one attached hydrogen (secondary N) is 1. The van der Waals surface area contributed by atoms with Gasteiger partial charge in [0, 0.05) is 0 Å². The number of carbonyl (C=O) groups excluding carboxylic acids is 2. The molecule has 3 rings (SSSR count). The summed E-state index contributed by atoms with van der Waals surface area (Å²) in [6.07, 6.45) is -0.00484. The third-order valence-electron chi connectivity index (χ3n) is 4.65. The number of esters is 1. The minimum atomic E-state index is -4.35. The van der Waals surface area contributed by atoms with Crippen LogP contribution in [0.4, 0.5) is 4.39 Å². The normalized spacial score (nSPS) is 12.0. The average molecular weight is 487 g/mol. The molecular weight excluding hydrogens is 463 g/mol. The van der Waals surface area contributed by atoms with E-state index in [-0.39, 0.29) is 19.6 Å². The van der Waals surface area contributed by atoms with E-state index in [0.717, 1.165) is 12.1 Å². The molecule has 0 heterocycles. The van der Waals surface area contributed by atoms with Crippen LogP contribution < -0.4 is 15.2 Å². The molecule has 0 saturated heterocycles. The molecule has 0 saturated carbocycles. The van der Waals surface area contributed by atoms with Crippen molar-refractivity contribution in [2.75, 3.05) is 6.61 Å². The fourth-order valence-electron chi connectivity index (χ4n) is 3.07. The summed E-state index contributed by atoms with van der Waals surface area (Å²) in [4.78, 5) is 23.2. The fraction of sp³-hybridized carbons (Fsp3) is 0.167. The van der Waals surface area contributed by atoms with Crippen LogP contribution in [0.25, 0.3) is 0 Å². The van der Waals surface area contributed by atoms with Crippen LogP contribution in [0.3, 0.4) is 0 Å². The number of sulfonamides is 1. The summed E-state index contributed by atoms with van der Waals surface area (Å²) in [5.74, 6) is -2.06. The predicted octanol–water partition coefficient (Wildman–Crippen LogP) is 2.32. The maximum Gasteiger partial charge on any atom is 0.324 e. The Morgan fingerprint density at radius 2 is 1.62 bits per heavy atom. The van der Waals surface area contributed by atoms with E-state index in [0.29, 0.717) is 16.9 Å². The van der Waals surface area contributed by atoms with Gasteiger partial charge in [0.15, 0.2) is 6.61 Å². The summed E-state index contributed by atoms with van der Waals surface area (Å²) in [5.41, 5.74) is 6.29. The molecule has 0 aromatic heterocycles. The van der Waals surface area contributed by atoms with E-state index in [2.05, 4.69) is 4.72 Å². The molecule has 0 fully saturated rings. The van der Waals surface area contributed by atoms with E-state index in [1.165, 1.54) is 12.1 Å². The number of hydrogen-bond acceptors (Lipinski definition) is 6. The van der Waals surface area contributed by atoms with Crippen molar-refractivity contribution in [3.8, 4) is 5.75 Å². The molecule has 8 nitrogen and oxygen atoms in total. The number of nitrogens with two attached hydrogens (primary N) is 1. The predicted molar refractivity (Wildman–Crippen MR) is 122 cm³/mol. The lowest BCUT2D eigenvalue weighted by molar-refractivity contribution is -0.147. The third-order valence-corrected chi connectivity index (χ3v) is 6.16. The highest BCUT2D eigenvalue weighted by atomic mass is 32.2. The van der Waals surface area contributed by atoms with Crippen molar-refractivity contribution in [1.82, 2.24) is 4.72 Å². The molecule has 0 aliphatic rings. The van der Waals surface area contributed by atoms with Crippen LogP contribution in [0.5, 0.6) is 5.75 Å². The monoisotopic (exact) mass is 486 g/mol. The number of ether oxygens (including phenoxy) is 2. The summed E-state index contributed by atoms with van der Waals surface area (Å²) in [6.45, 7) is -0.487. The van der Waals surface area contributed by atoms with Gasteiger partial charge in [-0.25, -0.2) is 12.8 Å². The van der Waals surface area contributed by atoms with E-state index in [1.807, 2.05) is 0 Å². The molecule has 1 amide bonds. The number of benzene rings is 3. The van der Waals surface area contributed by atoms with E-state index in [1.54, 1.807) is 54.6 Å². The van der Waals surface area contributed by atoms with Crippen LogP contribution in [0.15, 0.2) is 83.8 Å². The Morgan fingerprint density at radius 1 is 0.941 bits per heavy atom. The molecule has 0 aliphatic heterocycles. The third kappa shape index (κ3) is 7.12. The standard InChI is InChI=1S/C24H23FN2O6S/c25-20-11-4-5-12-22(20)34(30,31)27-21(14-17-7-2-1-3-8-17)24(29)33-15-18-9-6-10-19(13-18)32-16-23(26)28/h1-13,21,27H,14-16H2,(H2,26,28)/t21-/m0/s1. The average Bonchev–Trinajstić information content (AvgIpc) is 2.82. The SMILES string of the molecule is NC(=O)COc1cccc(COC(=O)[C@H](Cc2ccccc2)NS(=O)(=O)c2ccccc2F)c1. The molecule has 34 heavy (non-hydrogen) atoms. The first-order valence-electron chi connectivity index (χ1n) is 10.2. The first-order chi connectivity index (χ1) is 16.2. The van der Waals surface area contributed by atoms with E-state index in [4.69, 9.17) is 15.2 Å². The lowest BCUT2D eigenvalue weighted by Gasteiger charge is -2.18. The maximum atomic E-state index is 14.1. The lowest BCUT2D eigenvalue weighted by atomic mass is 10.1. The Morgan fingerprint density at radius 3 is 2.32 bits per heavy atom. The summed E-state index contributed by atoms with van der Waals surface area (Å²) in [6, 6.07) is 18.8. The number of primary amides is 1. The molecule has 0 radical (unpaired) electrons. The topological polar surface area (TPSA) is 125 Å². The molecule has 3 aromatic carbocycles. The summed E-state index contributed by atoms with van der Waals surface area (Å²) >= 11 is 0. The minimum absolute atomic E-state index is 0.00484. The molecule has 3 N–H and O–H groups in total. The van der Waals surface area contributed by atoms with Crippen molar-refractivity contribution in [3.63, 3.8) is 0 Å². The largest absolute Gasteiger partial charge is 0.484 e. The highest BCUT2D eigenvalue weighted by molar-refractivity contribution is 7.89. The Hall–Kier alpha value is -3.76. The van der Waals surface area contributed by atoms with Crippen molar-refractivity contribution < 1.29 is 31.9 Å². The summed E-state index contributed by atoms with van der Waals surface area (Å²) in [5, 5.41) is 0. The van der Waals surface area contributed by atoms with Gasteiger partial charge in [-0.15, -0.1) is 0 Å². The van der Waals surface area contributed by atoms with Gasteiger partial charge in [-0.1, -0.05) is 54.6 Å². The second kappa shape index (κ2) is 11.4. The second-order valence-corrected chi connectivity index (χ2v) is 8.99. The zero-order valence-electron chi connectivity index (χ0n) is 18.0. The first kappa shape index (κ1) is 24.9. The van der Waals surface area contributed by atoms with Crippen molar-refractivity contribution in [3.05, 3.63) is 95.8 Å². The molecular formula is C24H23FN2O6S. The number of carbonyl (C=O) groups is 2. The van der Waals surface area contributed by atoms with Crippen LogP contribution in [0.1, 0.15) is 11.1 Å². The van der Waals surface area contributed by atoms with Gasteiger partial charge in [-0.3, -0.25) is 9.59 Å². The Kier molecular flexibility index (Phi) is 8.34. The van der Waals surface area contributed by atoms with Gasteiger partial charge in [0.2, 0.25) is 10.0 Å². The van der Waals surface area contributed by atoms with Crippen molar-refractivity contribution in [2.24, 2.45) is 5.73 Å². The van der Waals surface area contributed by atoms with Crippen molar-refractivity contribution in [1.29, 1.82) is 0 Å². The van der Waals surface area contributed by atoms with Gasteiger partial charge in [-0.2, -0.15) is 4.72 Å². The molecule has 10 heteroatoms. The molecule has 178 valence electrons. The van der Waals surface area contributed by atoms with Gasteiger partial charge >= 0.3 is 5.97 Å². The summed E-state index contributed by atoms with van der Waals surface area (Å²) in [7, 11) is -4.35. The van der Waals surface area contributed by atoms with Crippen LogP contribution in [0, 0.1) is 5.82 Å². The first-order valence-corrected chi connectivity index (χ1v) is 11.7. The molecule has 0 unspecified atom stereocenters. The molecule has 0 bridgehead atoms. The van der Waals surface area contributed by atoms with Gasteiger partial charge < -0.3 is 15.2 Å². The van der Waals surface area contributed by atoms with Crippen LogP contribution in [0.2, 0.25) is 0 Å². The number of amides is 1.